The number of methoxy groups -OCH3 is 1. The number of ketones is 1. The van der Waals surface area contributed by atoms with E-state index in [9.17, 15) is 9.59 Å². The Morgan fingerprint density at radius 2 is 1.48 bits per heavy atom. The number of hydrogen-bond acceptors (Lipinski definition) is 3. The summed E-state index contributed by atoms with van der Waals surface area (Å²) in [6, 6.07) is 14.6. The lowest BCUT2D eigenvalue weighted by atomic mass is 10.0. The number of benzene rings is 2. The van der Waals surface area contributed by atoms with E-state index in [0.29, 0.717) is 17.0 Å². The van der Waals surface area contributed by atoms with Crippen LogP contribution in [0.1, 0.15) is 51.6 Å². The predicted molar refractivity (Wildman–Crippen MR) is 91.7 cm³/mol. The van der Waals surface area contributed by atoms with Crippen LogP contribution in [0.5, 0.6) is 0 Å². The lowest BCUT2D eigenvalue weighted by Gasteiger charge is -2.05. The van der Waals surface area contributed by atoms with Gasteiger partial charge in [0.2, 0.25) is 0 Å². The molecule has 0 aliphatic rings. The van der Waals surface area contributed by atoms with Gasteiger partial charge in [-0.05, 0) is 35.3 Å². The van der Waals surface area contributed by atoms with Crippen molar-refractivity contribution in [3.8, 4) is 0 Å². The number of esters is 1. The van der Waals surface area contributed by atoms with Gasteiger partial charge in [0.05, 0.1) is 12.7 Å². The Bertz CT molecular complexity index is 708. The van der Waals surface area contributed by atoms with Gasteiger partial charge in [0.25, 0.3) is 0 Å². The van der Waals surface area contributed by atoms with Gasteiger partial charge in [0.1, 0.15) is 0 Å². The first-order valence-electron chi connectivity index (χ1n) is 7.52. The summed E-state index contributed by atoms with van der Waals surface area (Å²) in [7, 11) is 1.35. The molecule has 0 fully saturated rings. The third-order valence-corrected chi connectivity index (χ3v) is 3.62. The second kappa shape index (κ2) is 7.54. The smallest absolute Gasteiger partial charge is 0.337 e. The number of rotatable bonds is 5. The van der Waals surface area contributed by atoms with Gasteiger partial charge >= 0.3 is 5.97 Å². The van der Waals surface area contributed by atoms with Crippen molar-refractivity contribution in [3.63, 3.8) is 0 Å². The minimum absolute atomic E-state index is 0.0441. The van der Waals surface area contributed by atoms with Gasteiger partial charge in [-0.3, -0.25) is 4.79 Å². The summed E-state index contributed by atoms with van der Waals surface area (Å²) in [4.78, 5) is 23.5. The van der Waals surface area contributed by atoms with Crippen molar-refractivity contribution in [2.75, 3.05) is 7.11 Å². The fourth-order valence-electron chi connectivity index (χ4n) is 2.15. The van der Waals surface area contributed by atoms with Crippen LogP contribution in [0.15, 0.2) is 54.6 Å². The van der Waals surface area contributed by atoms with Crippen molar-refractivity contribution < 1.29 is 14.3 Å². The van der Waals surface area contributed by atoms with E-state index >= 15 is 0 Å². The van der Waals surface area contributed by atoms with E-state index in [1.165, 1.54) is 18.7 Å². The summed E-state index contributed by atoms with van der Waals surface area (Å²) in [6.45, 7) is 4.24. The van der Waals surface area contributed by atoms with Crippen molar-refractivity contribution in [1.29, 1.82) is 0 Å². The fourth-order valence-corrected chi connectivity index (χ4v) is 2.15. The van der Waals surface area contributed by atoms with Crippen LogP contribution in [-0.4, -0.2) is 18.9 Å². The number of carbonyl (C=O) groups is 2. The Balaban J connectivity index is 2.07. The number of ether oxygens (including phenoxy) is 1. The summed E-state index contributed by atoms with van der Waals surface area (Å²) in [5.41, 5.74) is 3.21. The van der Waals surface area contributed by atoms with E-state index in [1.807, 2.05) is 24.3 Å². The van der Waals surface area contributed by atoms with Gasteiger partial charge in [0, 0.05) is 5.56 Å². The normalized spacial score (nSPS) is 11.0. The molecule has 0 radical (unpaired) electrons. The summed E-state index contributed by atoms with van der Waals surface area (Å²) < 4.78 is 4.65. The zero-order valence-corrected chi connectivity index (χ0v) is 13.6. The van der Waals surface area contributed by atoms with Gasteiger partial charge in [-0.2, -0.15) is 0 Å². The summed E-state index contributed by atoms with van der Waals surface area (Å²) >= 11 is 0. The topological polar surface area (TPSA) is 43.4 Å². The average molecular weight is 308 g/mol. The first-order valence-corrected chi connectivity index (χ1v) is 7.52. The molecule has 3 heteroatoms. The standard InChI is InChI=1S/C20H20O3/c1-14(2)16-9-11-17(12-10-16)19(21)13-6-15-4-7-18(8-5-15)20(22)23-3/h4-14H,1-3H3/b13-6+. The van der Waals surface area contributed by atoms with E-state index in [1.54, 1.807) is 30.3 Å². The molecule has 118 valence electrons. The lowest BCUT2D eigenvalue weighted by molar-refractivity contribution is 0.0600. The highest BCUT2D eigenvalue weighted by atomic mass is 16.5. The monoisotopic (exact) mass is 308 g/mol. The molecule has 0 atom stereocenters. The predicted octanol–water partition coefficient (Wildman–Crippen LogP) is 4.49. The van der Waals surface area contributed by atoms with Crippen molar-refractivity contribution >= 4 is 17.8 Å². The molecule has 23 heavy (non-hydrogen) atoms. The quantitative estimate of drug-likeness (QED) is 0.464. The molecule has 0 unspecified atom stereocenters. The molecule has 0 bridgehead atoms. The van der Waals surface area contributed by atoms with Crippen LogP contribution in [0.25, 0.3) is 6.08 Å². The van der Waals surface area contributed by atoms with Gasteiger partial charge < -0.3 is 4.74 Å². The maximum atomic E-state index is 12.2. The van der Waals surface area contributed by atoms with Crippen LogP contribution >= 0.6 is 0 Å². The van der Waals surface area contributed by atoms with Gasteiger partial charge in [0.15, 0.2) is 5.78 Å². The molecular weight excluding hydrogens is 288 g/mol. The van der Waals surface area contributed by atoms with E-state index in [-0.39, 0.29) is 11.8 Å². The third-order valence-electron chi connectivity index (χ3n) is 3.62. The number of allylic oxidation sites excluding steroid dienone is 1. The maximum absolute atomic E-state index is 12.2. The molecule has 0 aliphatic carbocycles. The zero-order chi connectivity index (χ0) is 16.8. The number of hydrogen-bond donors (Lipinski definition) is 0. The molecule has 0 saturated carbocycles. The molecule has 0 N–H and O–H groups in total. The third kappa shape index (κ3) is 4.39. The highest BCUT2D eigenvalue weighted by Gasteiger charge is 2.05. The molecule has 2 aromatic rings. The number of carbonyl (C=O) groups excluding carboxylic acids is 2. The molecule has 0 aromatic heterocycles. The van der Waals surface area contributed by atoms with E-state index < -0.39 is 0 Å². The lowest BCUT2D eigenvalue weighted by Crippen LogP contribution is -2.00. The van der Waals surface area contributed by atoms with Gasteiger partial charge in [-0.25, -0.2) is 4.79 Å². The van der Waals surface area contributed by atoms with E-state index in [2.05, 4.69) is 18.6 Å². The van der Waals surface area contributed by atoms with Crippen molar-refractivity contribution in [2.45, 2.75) is 19.8 Å². The molecule has 2 aromatic carbocycles. The second-order valence-corrected chi connectivity index (χ2v) is 5.59. The van der Waals surface area contributed by atoms with Gasteiger partial charge in [-0.1, -0.05) is 56.3 Å². The van der Waals surface area contributed by atoms with E-state index in [0.717, 1.165) is 5.56 Å². The van der Waals surface area contributed by atoms with Crippen LogP contribution in [0.4, 0.5) is 0 Å². The van der Waals surface area contributed by atoms with Gasteiger partial charge in [-0.15, -0.1) is 0 Å². The largest absolute Gasteiger partial charge is 0.465 e. The van der Waals surface area contributed by atoms with Crippen LogP contribution in [0.2, 0.25) is 0 Å². The summed E-state index contributed by atoms with van der Waals surface area (Å²) in [5, 5.41) is 0. The van der Waals surface area contributed by atoms with Crippen molar-refractivity contribution in [2.24, 2.45) is 0 Å². The van der Waals surface area contributed by atoms with Crippen LogP contribution in [0, 0.1) is 0 Å². The molecule has 0 heterocycles. The fraction of sp³-hybridized carbons (Fsp3) is 0.200. The molecule has 3 nitrogen and oxygen atoms in total. The molecule has 0 aliphatic heterocycles. The minimum atomic E-state index is -0.373. The van der Waals surface area contributed by atoms with Crippen LogP contribution < -0.4 is 0 Å². The van der Waals surface area contributed by atoms with Crippen LogP contribution in [0.3, 0.4) is 0 Å². The average Bonchev–Trinajstić information content (AvgIpc) is 2.59. The Labute approximate surface area is 136 Å². The molecule has 0 amide bonds. The second-order valence-electron chi connectivity index (χ2n) is 5.59. The zero-order valence-electron chi connectivity index (χ0n) is 13.6. The molecule has 0 spiro atoms. The Kier molecular flexibility index (Phi) is 5.47. The minimum Gasteiger partial charge on any atom is -0.465 e. The Morgan fingerprint density at radius 1 is 0.913 bits per heavy atom. The highest BCUT2D eigenvalue weighted by Crippen LogP contribution is 2.15. The van der Waals surface area contributed by atoms with Crippen molar-refractivity contribution in [1.82, 2.24) is 0 Å². The SMILES string of the molecule is COC(=O)c1ccc(/C=C/C(=O)c2ccc(C(C)C)cc2)cc1. The Hall–Kier alpha value is -2.68. The summed E-state index contributed by atoms with van der Waals surface area (Å²) in [6.07, 6.45) is 3.28. The van der Waals surface area contributed by atoms with Crippen molar-refractivity contribution in [3.05, 3.63) is 76.9 Å². The first kappa shape index (κ1) is 16.7. The molecular formula is C20H20O3. The van der Waals surface area contributed by atoms with Crippen LogP contribution in [-0.2, 0) is 4.74 Å². The Morgan fingerprint density at radius 3 is 2.00 bits per heavy atom. The maximum Gasteiger partial charge on any atom is 0.337 e. The summed E-state index contributed by atoms with van der Waals surface area (Å²) in [5.74, 6) is 0.0298. The highest BCUT2D eigenvalue weighted by molar-refractivity contribution is 6.06. The molecule has 0 saturated heterocycles. The first-order chi connectivity index (χ1) is 11.0. The molecule has 2 rings (SSSR count). The van der Waals surface area contributed by atoms with E-state index in [4.69, 9.17) is 0 Å².